The van der Waals surface area contributed by atoms with E-state index >= 15 is 0 Å². The fraction of sp³-hybridized carbons (Fsp3) is 0. The van der Waals surface area contributed by atoms with Crippen LogP contribution in [0.5, 0.6) is 0 Å². The van der Waals surface area contributed by atoms with Gasteiger partial charge >= 0.3 is 0 Å². The topological polar surface area (TPSA) is 38.7 Å². The van der Waals surface area contributed by atoms with Crippen molar-refractivity contribution in [1.29, 1.82) is 0 Å². The summed E-state index contributed by atoms with van der Waals surface area (Å²) < 4.78 is 0. The molecule has 142 valence electrons. The summed E-state index contributed by atoms with van der Waals surface area (Å²) in [7, 11) is 0. The number of nitrogens with zero attached hydrogens (tertiary/aromatic N) is 3. The first kappa shape index (κ1) is 18.0. The molecule has 30 heavy (non-hydrogen) atoms. The smallest absolute Gasteiger partial charge is 0.0975 e. The average molecular weight is 385 g/mol. The summed E-state index contributed by atoms with van der Waals surface area (Å²) in [6.45, 7) is 0. The standard InChI is InChI=1S/C27H19N3/c1-3-11-20(12-4-1)22-15-7-9-17-24(22)26-19-27(29-30-28-26)25-18-10-8-16-23(25)21-13-5-2-6-14-21/h1-19H. The van der Waals surface area contributed by atoms with E-state index in [0.717, 1.165) is 44.8 Å². The molecular weight excluding hydrogens is 366 g/mol. The first-order chi connectivity index (χ1) is 14.9. The van der Waals surface area contributed by atoms with Gasteiger partial charge in [0.15, 0.2) is 0 Å². The molecule has 0 saturated carbocycles. The number of aromatic nitrogens is 3. The van der Waals surface area contributed by atoms with Crippen LogP contribution in [0, 0.1) is 0 Å². The van der Waals surface area contributed by atoms with E-state index in [2.05, 4.69) is 63.9 Å². The van der Waals surface area contributed by atoms with Crippen molar-refractivity contribution in [2.24, 2.45) is 0 Å². The Hall–Kier alpha value is -4.11. The molecule has 0 saturated heterocycles. The Labute approximate surface area is 175 Å². The number of rotatable bonds is 4. The van der Waals surface area contributed by atoms with E-state index in [1.165, 1.54) is 0 Å². The minimum atomic E-state index is 0.808. The third kappa shape index (κ3) is 3.49. The van der Waals surface area contributed by atoms with Crippen LogP contribution < -0.4 is 0 Å². The highest BCUT2D eigenvalue weighted by molar-refractivity contribution is 5.85. The fourth-order valence-corrected chi connectivity index (χ4v) is 3.72. The molecule has 5 rings (SSSR count). The summed E-state index contributed by atoms with van der Waals surface area (Å²) in [6.07, 6.45) is 0. The maximum Gasteiger partial charge on any atom is 0.0975 e. The molecule has 0 bridgehead atoms. The van der Waals surface area contributed by atoms with Gasteiger partial charge in [0, 0.05) is 11.1 Å². The molecule has 5 aromatic rings. The first-order valence-electron chi connectivity index (χ1n) is 9.90. The van der Waals surface area contributed by atoms with Crippen molar-refractivity contribution in [2.45, 2.75) is 0 Å². The molecule has 4 aromatic carbocycles. The van der Waals surface area contributed by atoms with Crippen molar-refractivity contribution in [2.75, 3.05) is 0 Å². The van der Waals surface area contributed by atoms with Crippen molar-refractivity contribution in [1.82, 2.24) is 15.4 Å². The monoisotopic (exact) mass is 385 g/mol. The molecule has 0 aliphatic rings. The second-order valence-electron chi connectivity index (χ2n) is 7.03. The van der Waals surface area contributed by atoms with Gasteiger partial charge in [0.2, 0.25) is 0 Å². The Morgan fingerprint density at radius 1 is 0.367 bits per heavy atom. The zero-order chi connectivity index (χ0) is 20.2. The zero-order valence-electron chi connectivity index (χ0n) is 16.3. The molecule has 0 amide bonds. The van der Waals surface area contributed by atoms with Crippen molar-refractivity contribution in [3.05, 3.63) is 115 Å². The summed E-state index contributed by atoms with van der Waals surface area (Å²) in [6, 6.07) is 39.3. The largest absolute Gasteiger partial charge is 0.130 e. The summed E-state index contributed by atoms with van der Waals surface area (Å²) in [5, 5.41) is 12.8. The third-order valence-corrected chi connectivity index (χ3v) is 5.15. The molecule has 0 atom stereocenters. The second kappa shape index (κ2) is 8.10. The van der Waals surface area contributed by atoms with E-state index in [1.807, 2.05) is 66.7 Å². The van der Waals surface area contributed by atoms with Gasteiger partial charge in [-0.1, -0.05) is 109 Å². The maximum atomic E-state index is 4.36. The number of hydrogen-bond acceptors (Lipinski definition) is 3. The normalized spacial score (nSPS) is 10.7. The highest BCUT2D eigenvalue weighted by Crippen LogP contribution is 2.34. The predicted molar refractivity (Wildman–Crippen MR) is 122 cm³/mol. The van der Waals surface area contributed by atoms with Gasteiger partial charge in [0.25, 0.3) is 0 Å². The molecule has 3 nitrogen and oxygen atoms in total. The van der Waals surface area contributed by atoms with Crippen molar-refractivity contribution in [3.8, 4) is 44.8 Å². The van der Waals surface area contributed by atoms with Gasteiger partial charge in [-0.05, 0) is 33.5 Å². The second-order valence-corrected chi connectivity index (χ2v) is 7.03. The lowest BCUT2D eigenvalue weighted by Crippen LogP contribution is -1.97. The van der Waals surface area contributed by atoms with E-state index in [9.17, 15) is 0 Å². The molecule has 0 aliphatic carbocycles. The molecule has 1 heterocycles. The minimum Gasteiger partial charge on any atom is -0.130 e. The zero-order valence-corrected chi connectivity index (χ0v) is 16.3. The first-order valence-corrected chi connectivity index (χ1v) is 9.90. The summed E-state index contributed by atoms with van der Waals surface area (Å²) in [4.78, 5) is 0. The molecule has 0 radical (unpaired) electrons. The van der Waals surface area contributed by atoms with Crippen molar-refractivity contribution < 1.29 is 0 Å². The Bertz CT molecular complexity index is 1180. The highest BCUT2D eigenvalue weighted by atomic mass is 15.3. The van der Waals surface area contributed by atoms with Gasteiger partial charge in [-0.3, -0.25) is 0 Å². The molecule has 0 N–H and O–H groups in total. The Balaban J connectivity index is 1.64. The van der Waals surface area contributed by atoms with Gasteiger partial charge < -0.3 is 0 Å². The summed E-state index contributed by atoms with van der Waals surface area (Å²) in [5.74, 6) is 0. The summed E-state index contributed by atoms with van der Waals surface area (Å²) >= 11 is 0. The maximum absolute atomic E-state index is 4.36. The van der Waals surface area contributed by atoms with Crippen LogP contribution in [-0.4, -0.2) is 15.4 Å². The lowest BCUT2D eigenvalue weighted by Gasteiger charge is -2.11. The predicted octanol–water partition coefficient (Wildman–Crippen LogP) is 6.54. The Kier molecular flexibility index (Phi) is 4.84. The van der Waals surface area contributed by atoms with Crippen molar-refractivity contribution in [3.63, 3.8) is 0 Å². The Morgan fingerprint density at radius 2 is 0.733 bits per heavy atom. The average Bonchev–Trinajstić information content (AvgIpc) is 2.85. The molecule has 0 aliphatic heterocycles. The highest BCUT2D eigenvalue weighted by Gasteiger charge is 2.13. The van der Waals surface area contributed by atoms with Gasteiger partial charge in [-0.2, -0.15) is 0 Å². The van der Waals surface area contributed by atoms with E-state index in [0.29, 0.717) is 0 Å². The number of hydrogen-bond donors (Lipinski definition) is 0. The van der Waals surface area contributed by atoms with Crippen LogP contribution in [0.1, 0.15) is 0 Å². The molecule has 0 fully saturated rings. The van der Waals surface area contributed by atoms with Crippen LogP contribution in [0.4, 0.5) is 0 Å². The Morgan fingerprint density at radius 3 is 1.17 bits per heavy atom. The van der Waals surface area contributed by atoms with Gasteiger partial charge in [-0.25, -0.2) is 0 Å². The lowest BCUT2D eigenvalue weighted by atomic mass is 9.95. The quantitative estimate of drug-likeness (QED) is 0.352. The van der Waals surface area contributed by atoms with E-state index in [-0.39, 0.29) is 0 Å². The van der Waals surface area contributed by atoms with E-state index < -0.39 is 0 Å². The SMILES string of the molecule is c1ccc(-c2ccccc2-c2cc(-c3ccccc3-c3ccccc3)nnn2)cc1. The molecule has 3 heteroatoms. The summed E-state index contributed by atoms with van der Waals surface area (Å²) in [5.41, 5.74) is 8.25. The van der Waals surface area contributed by atoms with Crippen LogP contribution in [-0.2, 0) is 0 Å². The van der Waals surface area contributed by atoms with Crippen molar-refractivity contribution >= 4 is 0 Å². The lowest BCUT2D eigenvalue weighted by molar-refractivity contribution is 0.877. The van der Waals surface area contributed by atoms with Crippen LogP contribution in [0.25, 0.3) is 44.8 Å². The third-order valence-electron chi connectivity index (χ3n) is 5.15. The molecule has 1 aromatic heterocycles. The fourth-order valence-electron chi connectivity index (χ4n) is 3.72. The molecule has 0 unspecified atom stereocenters. The van der Waals surface area contributed by atoms with Gasteiger partial charge in [-0.15, -0.1) is 10.2 Å². The molecular formula is C27H19N3. The van der Waals surface area contributed by atoms with Crippen LogP contribution in [0.2, 0.25) is 0 Å². The van der Waals surface area contributed by atoms with Gasteiger partial charge in [0.05, 0.1) is 11.4 Å². The van der Waals surface area contributed by atoms with Crippen LogP contribution in [0.3, 0.4) is 0 Å². The minimum absolute atomic E-state index is 0.808. The number of benzene rings is 4. The van der Waals surface area contributed by atoms with Crippen LogP contribution in [0.15, 0.2) is 115 Å². The van der Waals surface area contributed by atoms with Crippen LogP contribution >= 0.6 is 0 Å². The van der Waals surface area contributed by atoms with Gasteiger partial charge in [0.1, 0.15) is 0 Å². The van der Waals surface area contributed by atoms with E-state index in [4.69, 9.17) is 0 Å². The van der Waals surface area contributed by atoms with E-state index in [1.54, 1.807) is 0 Å². The molecule has 0 spiro atoms.